The molecule has 2 atom stereocenters. The molecule has 1 aliphatic rings. The summed E-state index contributed by atoms with van der Waals surface area (Å²) in [5.41, 5.74) is 1.50. The van der Waals surface area contributed by atoms with Crippen molar-refractivity contribution in [1.82, 2.24) is 15.6 Å². The molecule has 0 saturated carbocycles. The number of piperidine rings is 1. The van der Waals surface area contributed by atoms with E-state index in [0.29, 0.717) is 41.8 Å². The Morgan fingerprint density at radius 3 is 2.79 bits per heavy atom. The number of aromatic nitrogens is 1. The first-order chi connectivity index (χ1) is 13.8. The van der Waals surface area contributed by atoms with E-state index >= 15 is 0 Å². The summed E-state index contributed by atoms with van der Waals surface area (Å²) in [7, 11) is 0. The summed E-state index contributed by atoms with van der Waals surface area (Å²) < 4.78 is 40.7. The van der Waals surface area contributed by atoms with Crippen molar-refractivity contribution in [2.45, 2.75) is 25.6 Å². The monoisotopic (exact) mass is 405 g/mol. The third kappa shape index (κ3) is 4.95. The molecule has 1 aliphatic heterocycles. The SMILES string of the molecule is CC(=O)NCCNC1CC(C(F)(F)F)CN(c2ccc(C#N)c3ncccc23)C1. The van der Waals surface area contributed by atoms with Gasteiger partial charge in [0.05, 0.1) is 17.0 Å². The van der Waals surface area contributed by atoms with Gasteiger partial charge in [0.2, 0.25) is 5.91 Å². The zero-order valence-corrected chi connectivity index (χ0v) is 16.0. The van der Waals surface area contributed by atoms with Crippen LogP contribution in [0.5, 0.6) is 0 Å². The van der Waals surface area contributed by atoms with Crippen molar-refractivity contribution in [3.05, 3.63) is 36.0 Å². The van der Waals surface area contributed by atoms with Crippen LogP contribution in [0.4, 0.5) is 18.9 Å². The second-order valence-electron chi connectivity index (χ2n) is 7.16. The van der Waals surface area contributed by atoms with Crippen molar-refractivity contribution in [3.8, 4) is 6.07 Å². The van der Waals surface area contributed by atoms with Crippen LogP contribution < -0.4 is 15.5 Å². The van der Waals surface area contributed by atoms with E-state index in [2.05, 4.69) is 21.7 Å². The van der Waals surface area contributed by atoms with Gasteiger partial charge in [0.1, 0.15) is 6.07 Å². The highest BCUT2D eigenvalue weighted by Crippen LogP contribution is 2.37. The normalized spacial score (nSPS) is 19.8. The van der Waals surface area contributed by atoms with Gasteiger partial charge in [0.15, 0.2) is 0 Å². The van der Waals surface area contributed by atoms with Crippen molar-refractivity contribution >= 4 is 22.5 Å². The zero-order chi connectivity index (χ0) is 21.0. The van der Waals surface area contributed by atoms with E-state index in [1.165, 1.54) is 6.92 Å². The van der Waals surface area contributed by atoms with E-state index in [-0.39, 0.29) is 24.9 Å². The quantitative estimate of drug-likeness (QED) is 0.748. The largest absolute Gasteiger partial charge is 0.393 e. The van der Waals surface area contributed by atoms with Crippen molar-refractivity contribution in [1.29, 1.82) is 5.26 Å². The van der Waals surface area contributed by atoms with Gasteiger partial charge < -0.3 is 15.5 Å². The molecule has 6 nitrogen and oxygen atoms in total. The Bertz CT molecular complexity index is 924. The molecule has 154 valence electrons. The predicted octanol–water partition coefficient (Wildman–Crippen LogP) is 2.59. The van der Waals surface area contributed by atoms with Gasteiger partial charge in [-0.25, -0.2) is 0 Å². The molecule has 0 radical (unpaired) electrons. The summed E-state index contributed by atoms with van der Waals surface area (Å²) in [5, 5.41) is 15.7. The van der Waals surface area contributed by atoms with Gasteiger partial charge in [-0.15, -0.1) is 0 Å². The van der Waals surface area contributed by atoms with Crippen molar-refractivity contribution < 1.29 is 18.0 Å². The van der Waals surface area contributed by atoms with E-state index in [9.17, 15) is 23.2 Å². The maximum absolute atomic E-state index is 13.6. The third-order valence-electron chi connectivity index (χ3n) is 5.05. The maximum Gasteiger partial charge on any atom is 0.393 e. The van der Waals surface area contributed by atoms with Crippen LogP contribution in [0.2, 0.25) is 0 Å². The molecular weight excluding hydrogens is 383 g/mol. The van der Waals surface area contributed by atoms with Crippen LogP contribution in [0.3, 0.4) is 0 Å². The summed E-state index contributed by atoms with van der Waals surface area (Å²) in [5.74, 6) is -1.65. The summed E-state index contributed by atoms with van der Waals surface area (Å²) in [6, 6.07) is 8.47. The number of pyridine rings is 1. The summed E-state index contributed by atoms with van der Waals surface area (Å²) in [6.07, 6.45) is -2.77. The molecule has 1 saturated heterocycles. The molecular formula is C20H22F3N5O. The Labute approximate surface area is 166 Å². The van der Waals surface area contributed by atoms with Crippen LogP contribution in [0.1, 0.15) is 18.9 Å². The van der Waals surface area contributed by atoms with Gasteiger partial charge in [-0.05, 0) is 30.7 Å². The number of alkyl halides is 3. The minimum absolute atomic E-state index is 0.0213. The second-order valence-corrected chi connectivity index (χ2v) is 7.16. The Balaban J connectivity index is 1.86. The zero-order valence-electron chi connectivity index (χ0n) is 16.0. The molecule has 0 aliphatic carbocycles. The number of carbonyl (C=O) groups excluding carboxylic acids is 1. The first-order valence-electron chi connectivity index (χ1n) is 9.37. The van der Waals surface area contributed by atoms with Gasteiger partial charge in [-0.2, -0.15) is 18.4 Å². The highest BCUT2D eigenvalue weighted by Gasteiger charge is 2.44. The molecule has 0 spiro atoms. The number of carbonyl (C=O) groups is 1. The van der Waals surface area contributed by atoms with Crippen molar-refractivity contribution in [3.63, 3.8) is 0 Å². The fraction of sp³-hybridized carbons (Fsp3) is 0.450. The van der Waals surface area contributed by atoms with Crippen LogP contribution in [-0.2, 0) is 4.79 Å². The number of halogens is 3. The van der Waals surface area contributed by atoms with Crippen LogP contribution in [0, 0.1) is 17.2 Å². The molecule has 2 unspecified atom stereocenters. The number of hydrogen-bond acceptors (Lipinski definition) is 5. The molecule has 1 amide bonds. The van der Waals surface area contributed by atoms with Gasteiger partial charge in [-0.1, -0.05) is 0 Å². The Hall–Kier alpha value is -2.86. The lowest BCUT2D eigenvalue weighted by Gasteiger charge is -2.40. The van der Waals surface area contributed by atoms with Crippen molar-refractivity contribution in [2.75, 3.05) is 31.1 Å². The number of nitrogens with one attached hydrogen (secondary N) is 2. The lowest BCUT2D eigenvalue weighted by molar-refractivity contribution is -0.177. The first kappa shape index (κ1) is 20.9. The van der Waals surface area contributed by atoms with E-state index < -0.39 is 12.1 Å². The average Bonchev–Trinajstić information content (AvgIpc) is 2.69. The number of amides is 1. The van der Waals surface area contributed by atoms with E-state index in [1.54, 1.807) is 35.4 Å². The number of anilines is 1. The molecule has 2 aromatic rings. The summed E-state index contributed by atoms with van der Waals surface area (Å²) in [6.45, 7) is 2.38. The van der Waals surface area contributed by atoms with Gasteiger partial charge in [0.25, 0.3) is 0 Å². The molecule has 2 N–H and O–H groups in total. The van der Waals surface area contributed by atoms with Gasteiger partial charge in [0, 0.05) is 56.4 Å². The molecule has 2 heterocycles. The number of nitrogens with zero attached hydrogens (tertiary/aromatic N) is 3. The summed E-state index contributed by atoms with van der Waals surface area (Å²) >= 11 is 0. The third-order valence-corrected chi connectivity index (χ3v) is 5.05. The lowest BCUT2D eigenvalue weighted by atomic mass is 9.92. The Morgan fingerprint density at radius 1 is 1.31 bits per heavy atom. The fourth-order valence-electron chi connectivity index (χ4n) is 3.72. The molecule has 1 aromatic carbocycles. The molecule has 29 heavy (non-hydrogen) atoms. The topological polar surface area (TPSA) is 81.0 Å². The standard InChI is InChI=1S/C20H22F3N5O/c1-13(29)25-7-8-26-16-9-15(20(21,22)23)11-28(12-16)18-5-4-14(10-24)19-17(18)3-2-6-27-19/h2-6,15-16,26H,7-9,11-12H2,1H3,(H,25,29). The first-order valence-corrected chi connectivity index (χ1v) is 9.37. The second kappa shape index (κ2) is 8.66. The average molecular weight is 405 g/mol. The summed E-state index contributed by atoms with van der Waals surface area (Å²) in [4.78, 5) is 16.9. The molecule has 0 bridgehead atoms. The highest BCUT2D eigenvalue weighted by molar-refractivity contribution is 5.95. The minimum Gasteiger partial charge on any atom is -0.369 e. The van der Waals surface area contributed by atoms with Crippen LogP contribution >= 0.6 is 0 Å². The van der Waals surface area contributed by atoms with E-state index in [4.69, 9.17) is 0 Å². The number of fused-ring (bicyclic) bond motifs is 1. The number of nitriles is 1. The maximum atomic E-state index is 13.6. The van der Waals surface area contributed by atoms with Gasteiger partial charge in [-0.3, -0.25) is 9.78 Å². The minimum atomic E-state index is -4.31. The highest BCUT2D eigenvalue weighted by atomic mass is 19.4. The van der Waals surface area contributed by atoms with Gasteiger partial charge >= 0.3 is 6.18 Å². The number of rotatable bonds is 5. The van der Waals surface area contributed by atoms with E-state index in [1.807, 2.05) is 0 Å². The molecule has 9 heteroatoms. The van der Waals surface area contributed by atoms with Crippen LogP contribution in [0.15, 0.2) is 30.5 Å². The molecule has 3 rings (SSSR count). The molecule has 1 aromatic heterocycles. The number of hydrogen-bond donors (Lipinski definition) is 2. The predicted molar refractivity (Wildman–Crippen MR) is 103 cm³/mol. The van der Waals surface area contributed by atoms with E-state index in [0.717, 1.165) is 0 Å². The van der Waals surface area contributed by atoms with Crippen molar-refractivity contribution in [2.24, 2.45) is 5.92 Å². The number of benzene rings is 1. The lowest BCUT2D eigenvalue weighted by Crippen LogP contribution is -2.53. The van der Waals surface area contributed by atoms with Crippen LogP contribution in [-0.4, -0.2) is 49.3 Å². The Morgan fingerprint density at radius 2 is 2.10 bits per heavy atom. The smallest absolute Gasteiger partial charge is 0.369 e. The Kier molecular flexibility index (Phi) is 6.23. The molecule has 1 fully saturated rings. The fourth-order valence-corrected chi connectivity index (χ4v) is 3.72. The van der Waals surface area contributed by atoms with Crippen LogP contribution in [0.25, 0.3) is 10.9 Å².